The van der Waals surface area contributed by atoms with Gasteiger partial charge in [-0.15, -0.1) is 0 Å². The zero-order valence-corrected chi connectivity index (χ0v) is 22.1. The normalized spacial score (nSPS) is 12.1. The number of benzene rings is 3. The molecule has 6 heteroatoms. The Balaban J connectivity index is 1.81. The lowest BCUT2D eigenvalue weighted by Gasteiger charge is -2.34. The first-order valence-electron chi connectivity index (χ1n) is 12.2. The highest BCUT2D eigenvalue weighted by Crippen LogP contribution is 2.19. The van der Waals surface area contributed by atoms with Crippen molar-refractivity contribution < 1.29 is 14.0 Å². The number of halogens is 1. The number of rotatable bonds is 11. The molecule has 0 aliphatic carbocycles. The number of nitrogens with zero attached hydrogens (tertiary/aromatic N) is 1. The summed E-state index contributed by atoms with van der Waals surface area (Å²) in [6.45, 7) is 6.02. The largest absolute Gasteiger partial charge is 0.350 e. The van der Waals surface area contributed by atoms with Crippen LogP contribution in [0.15, 0.2) is 84.9 Å². The van der Waals surface area contributed by atoms with E-state index in [9.17, 15) is 14.0 Å². The molecule has 0 aromatic heterocycles. The number of thioether (sulfide) groups is 1. The van der Waals surface area contributed by atoms with E-state index in [0.29, 0.717) is 18.6 Å². The van der Waals surface area contributed by atoms with Crippen molar-refractivity contribution in [1.82, 2.24) is 10.2 Å². The Kier molecular flexibility index (Phi) is 10.1. The number of carbonyl (C=O) groups excluding carboxylic acids is 2. The van der Waals surface area contributed by atoms with Crippen LogP contribution in [0.3, 0.4) is 0 Å². The minimum Gasteiger partial charge on any atom is -0.350 e. The molecule has 2 amide bonds. The maximum Gasteiger partial charge on any atom is 0.243 e. The predicted octanol–water partition coefficient (Wildman–Crippen LogP) is 6.00. The second kappa shape index (κ2) is 13.3. The number of hydrogen-bond donors (Lipinski definition) is 1. The summed E-state index contributed by atoms with van der Waals surface area (Å²) >= 11 is 1.70. The molecule has 190 valence electrons. The SMILES string of the molecule is CC(C)(C)NC(=O)C(Cc1ccccc1)N(Cc1ccc(F)cc1)C(=O)CCSCc1ccccc1. The van der Waals surface area contributed by atoms with Gasteiger partial charge in [-0.1, -0.05) is 72.8 Å². The van der Waals surface area contributed by atoms with Crippen molar-refractivity contribution in [2.45, 2.75) is 57.5 Å². The summed E-state index contributed by atoms with van der Waals surface area (Å²) in [6.07, 6.45) is 0.708. The molecule has 0 bridgehead atoms. The van der Waals surface area contributed by atoms with Crippen LogP contribution in [0, 0.1) is 5.82 Å². The Morgan fingerprint density at radius 3 is 2.03 bits per heavy atom. The minimum atomic E-state index is -0.691. The van der Waals surface area contributed by atoms with Gasteiger partial charge in [-0.05, 0) is 49.6 Å². The van der Waals surface area contributed by atoms with Gasteiger partial charge in [0.05, 0.1) is 0 Å². The van der Waals surface area contributed by atoms with Crippen molar-refractivity contribution in [3.8, 4) is 0 Å². The van der Waals surface area contributed by atoms with Gasteiger partial charge in [0, 0.05) is 36.4 Å². The molecular weight excluding hydrogens is 471 g/mol. The first kappa shape index (κ1) is 27.5. The average Bonchev–Trinajstić information content (AvgIpc) is 2.85. The summed E-state index contributed by atoms with van der Waals surface area (Å²) in [4.78, 5) is 28.7. The molecule has 4 nitrogen and oxygen atoms in total. The lowest BCUT2D eigenvalue weighted by molar-refractivity contribution is -0.141. The summed E-state index contributed by atoms with van der Waals surface area (Å²) < 4.78 is 13.5. The smallest absolute Gasteiger partial charge is 0.243 e. The molecule has 3 rings (SSSR count). The summed E-state index contributed by atoms with van der Waals surface area (Å²) in [5.41, 5.74) is 2.53. The van der Waals surface area contributed by atoms with E-state index < -0.39 is 11.6 Å². The van der Waals surface area contributed by atoms with Crippen molar-refractivity contribution >= 4 is 23.6 Å². The van der Waals surface area contributed by atoms with E-state index in [1.54, 1.807) is 28.8 Å². The van der Waals surface area contributed by atoms with Crippen molar-refractivity contribution in [3.05, 3.63) is 107 Å². The van der Waals surface area contributed by atoms with Gasteiger partial charge >= 0.3 is 0 Å². The second-order valence-electron chi connectivity index (χ2n) is 9.88. The molecule has 0 fully saturated rings. The summed E-state index contributed by atoms with van der Waals surface area (Å²) in [5.74, 6) is 0.847. The molecule has 0 aliphatic heterocycles. The highest BCUT2D eigenvalue weighted by atomic mass is 32.2. The molecule has 3 aromatic carbocycles. The average molecular weight is 507 g/mol. The van der Waals surface area contributed by atoms with Crippen LogP contribution in [0.5, 0.6) is 0 Å². The maximum absolute atomic E-state index is 13.6. The molecule has 1 atom stereocenters. The van der Waals surface area contributed by atoms with Crippen LogP contribution in [0.4, 0.5) is 4.39 Å². The molecule has 0 aliphatic rings. The summed E-state index contributed by atoms with van der Waals surface area (Å²) in [5, 5.41) is 3.06. The lowest BCUT2D eigenvalue weighted by Crippen LogP contribution is -2.54. The maximum atomic E-state index is 13.6. The fourth-order valence-electron chi connectivity index (χ4n) is 3.86. The molecule has 1 N–H and O–H groups in total. The molecule has 0 saturated heterocycles. The standard InChI is InChI=1S/C30H35FN2O2S/c1-30(2,3)32-29(35)27(20-23-10-6-4-7-11-23)33(21-24-14-16-26(31)17-15-24)28(34)18-19-36-22-25-12-8-5-9-13-25/h4-17,27H,18-22H2,1-3H3,(H,32,35). The van der Waals surface area contributed by atoms with Crippen LogP contribution < -0.4 is 5.32 Å². The van der Waals surface area contributed by atoms with Gasteiger partial charge in [0.1, 0.15) is 11.9 Å². The number of carbonyl (C=O) groups is 2. The Morgan fingerprint density at radius 2 is 1.44 bits per heavy atom. The first-order chi connectivity index (χ1) is 17.2. The van der Waals surface area contributed by atoms with Gasteiger partial charge in [0.15, 0.2) is 0 Å². The van der Waals surface area contributed by atoms with Gasteiger partial charge in [-0.25, -0.2) is 4.39 Å². The van der Waals surface area contributed by atoms with Crippen LogP contribution >= 0.6 is 11.8 Å². The van der Waals surface area contributed by atoms with E-state index in [1.165, 1.54) is 17.7 Å². The topological polar surface area (TPSA) is 49.4 Å². The summed E-state index contributed by atoms with van der Waals surface area (Å²) in [6, 6.07) is 25.3. The predicted molar refractivity (Wildman–Crippen MR) is 146 cm³/mol. The lowest BCUT2D eigenvalue weighted by atomic mass is 10.0. The molecule has 0 heterocycles. The molecule has 1 unspecified atom stereocenters. The number of nitrogens with one attached hydrogen (secondary N) is 1. The van der Waals surface area contributed by atoms with Gasteiger partial charge in [0.25, 0.3) is 0 Å². The monoisotopic (exact) mass is 506 g/mol. The summed E-state index contributed by atoms with van der Waals surface area (Å²) in [7, 11) is 0. The fraction of sp³-hybridized carbons (Fsp3) is 0.333. The van der Waals surface area contributed by atoms with Crippen molar-refractivity contribution in [1.29, 1.82) is 0 Å². The molecule has 0 spiro atoms. The third-order valence-electron chi connectivity index (χ3n) is 5.61. The molecule has 0 radical (unpaired) electrons. The van der Waals surface area contributed by atoms with E-state index in [1.807, 2.05) is 69.3 Å². The highest BCUT2D eigenvalue weighted by Gasteiger charge is 2.32. The van der Waals surface area contributed by atoms with E-state index in [2.05, 4.69) is 17.4 Å². The fourth-order valence-corrected chi connectivity index (χ4v) is 4.75. The zero-order valence-electron chi connectivity index (χ0n) is 21.2. The van der Waals surface area contributed by atoms with E-state index in [4.69, 9.17) is 0 Å². The Morgan fingerprint density at radius 1 is 0.861 bits per heavy atom. The minimum absolute atomic E-state index is 0.0927. The second-order valence-corrected chi connectivity index (χ2v) is 11.0. The molecular formula is C30H35FN2O2S. The first-order valence-corrected chi connectivity index (χ1v) is 13.4. The Labute approximate surface area is 218 Å². The van der Waals surface area contributed by atoms with E-state index in [0.717, 1.165) is 16.9 Å². The van der Waals surface area contributed by atoms with Crippen LogP contribution in [-0.4, -0.2) is 34.0 Å². The van der Waals surface area contributed by atoms with Crippen LogP contribution in [-0.2, 0) is 28.3 Å². The Hall–Kier alpha value is -3.12. The van der Waals surface area contributed by atoms with Crippen LogP contribution in [0.1, 0.15) is 43.9 Å². The van der Waals surface area contributed by atoms with Crippen LogP contribution in [0.25, 0.3) is 0 Å². The highest BCUT2D eigenvalue weighted by molar-refractivity contribution is 7.98. The molecule has 3 aromatic rings. The van der Waals surface area contributed by atoms with Gasteiger partial charge in [-0.2, -0.15) is 11.8 Å². The van der Waals surface area contributed by atoms with Gasteiger partial charge in [-0.3, -0.25) is 9.59 Å². The van der Waals surface area contributed by atoms with Gasteiger partial charge < -0.3 is 10.2 Å². The molecule has 36 heavy (non-hydrogen) atoms. The molecule has 0 saturated carbocycles. The van der Waals surface area contributed by atoms with Crippen molar-refractivity contribution in [2.75, 3.05) is 5.75 Å². The van der Waals surface area contributed by atoms with Crippen molar-refractivity contribution in [3.63, 3.8) is 0 Å². The zero-order chi connectivity index (χ0) is 26.0. The third-order valence-corrected chi connectivity index (χ3v) is 6.64. The van der Waals surface area contributed by atoms with Crippen LogP contribution in [0.2, 0.25) is 0 Å². The number of amides is 2. The van der Waals surface area contributed by atoms with Gasteiger partial charge in [0.2, 0.25) is 11.8 Å². The van der Waals surface area contributed by atoms with E-state index >= 15 is 0 Å². The Bertz CT molecular complexity index is 1100. The third kappa shape index (κ3) is 9.15. The van der Waals surface area contributed by atoms with Crippen molar-refractivity contribution in [2.24, 2.45) is 0 Å². The van der Waals surface area contributed by atoms with E-state index in [-0.39, 0.29) is 24.2 Å². The number of hydrogen-bond acceptors (Lipinski definition) is 3. The quantitative estimate of drug-likeness (QED) is 0.324.